The molecule has 0 spiro atoms. The molecule has 34 heavy (non-hydrogen) atoms. The molecule has 0 fully saturated rings. The molecule has 2 N–H and O–H groups in total. The molecule has 1 amide bonds. The topological polar surface area (TPSA) is 84.1 Å². The summed E-state index contributed by atoms with van der Waals surface area (Å²) in [7, 11) is 1.29. The predicted octanol–water partition coefficient (Wildman–Crippen LogP) is 4.24. The molecule has 0 radical (unpaired) electrons. The van der Waals surface area contributed by atoms with Crippen molar-refractivity contribution in [1.29, 1.82) is 0 Å². The molecule has 4 rings (SSSR count). The second-order valence-electron chi connectivity index (χ2n) is 7.65. The van der Waals surface area contributed by atoms with E-state index in [9.17, 15) is 9.59 Å². The van der Waals surface area contributed by atoms with Gasteiger partial charge in [0.2, 0.25) is 0 Å². The summed E-state index contributed by atoms with van der Waals surface area (Å²) in [5.74, 6) is 1.74. The first-order valence-corrected chi connectivity index (χ1v) is 10.7. The highest BCUT2D eigenvalue weighted by molar-refractivity contribution is 6.08. The lowest BCUT2D eigenvalue weighted by Gasteiger charge is -2.20. The minimum atomic E-state index is -0.905. The van der Waals surface area contributed by atoms with Gasteiger partial charge < -0.3 is 15.0 Å². The number of hydrogen-bond acceptors (Lipinski definition) is 4. The number of rotatable bonds is 7. The van der Waals surface area contributed by atoms with Crippen molar-refractivity contribution in [1.82, 2.24) is 15.3 Å². The third-order valence-electron chi connectivity index (χ3n) is 5.47. The summed E-state index contributed by atoms with van der Waals surface area (Å²) >= 11 is 0. The number of carbonyl (C=O) groups is 2. The first-order valence-electron chi connectivity index (χ1n) is 10.7. The number of hydrogen-bond donors (Lipinski definition) is 2. The summed E-state index contributed by atoms with van der Waals surface area (Å²) in [6, 6.07) is 21.8. The van der Waals surface area contributed by atoms with Crippen molar-refractivity contribution in [3.63, 3.8) is 0 Å². The molecule has 1 heterocycles. The van der Waals surface area contributed by atoms with E-state index in [1.54, 1.807) is 6.20 Å². The van der Waals surface area contributed by atoms with Gasteiger partial charge in [-0.3, -0.25) is 4.79 Å². The van der Waals surface area contributed by atoms with E-state index >= 15 is 0 Å². The van der Waals surface area contributed by atoms with Gasteiger partial charge in [0.1, 0.15) is 6.04 Å². The van der Waals surface area contributed by atoms with Crippen LogP contribution in [0.4, 0.5) is 0 Å². The summed E-state index contributed by atoms with van der Waals surface area (Å²) in [6.45, 7) is 0. The average molecular weight is 450 g/mol. The quantitative estimate of drug-likeness (QED) is 0.327. The van der Waals surface area contributed by atoms with Crippen molar-refractivity contribution in [3.8, 4) is 34.6 Å². The number of aromatic nitrogens is 2. The lowest BCUT2D eigenvalue weighted by Crippen LogP contribution is -2.43. The third-order valence-corrected chi connectivity index (χ3v) is 5.47. The zero-order valence-corrected chi connectivity index (χ0v) is 18.6. The van der Waals surface area contributed by atoms with Crippen LogP contribution in [0.2, 0.25) is 0 Å². The van der Waals surface area contributed by atoms with Gasteiger partial charge in [0, 0.05) is 23.9 Å². The van der Waals surface area contributed by atoms with Crippen LogP contribution in [0.1, 0.15) is 21.6 Å². The van der Waals surface area contributed by atoms with Crippen LogP contribution in [0.25, 0.3) is 22.3 Å². The first kappa shape index (κ1) is 22.6. The number of benzene rings is 3. The number of nitrogens with zero attached hydrogens (tertiary/aromatic N) is 1. The van der Waals surface area contributed by atoms with Gasteiger partial charge in [0.05, 0.1) is 19.0 Å². The Bertz CT molecular complexity index is 1260. The fraction of sp³-hybridized carbons (Fsp3) is 0.107. The molecule has 0 saturated carbocycles. The van der Waals surface area contributed by atoms with Crippen LogP contribution in [0.5, 0.6) is 0 Å². The highest BCUT2D eigenvalue weighted by Gasteiger charge is 2.27. The Kier molecular flexibility index (Phi) is 6.85. The second kappa shape index (κ2) is 10.3. The molecule has 0 aliphatic rings. The van der Waals surface area contributed by atoms with Gasteiger partial charge in [0.15, 0.2) is 0 Å². The average Bonchev–Trinajstić information content (AvgIpc) is 3.41. The summed E-state index contributed by atoms with van der Waals surface area (Å²) in [6.07, 6.45) is 9.10. The molecular weight excluding hydrogens is 426 g/mol. The van der Waals surface area contributed by atoms with Crippen LogP contribution in [-0.2, 0) is 16.0 Å². The molecular formula is C28H23N3O3. The van der Waals surface area contributed by atoms with Crippen molar-refractivity contribution in [3.05, 3.63) is 102 Å². The summed E-state index contributed by atoms with van der Waals surface area (Å²) in [5.41, 5.74) is 4.81. The Hall–Kier alpha value is -4.63. The van der Waals surface area contributed by atoms with Gasteiger partial charge in [-0.25, -0.2) is 9.78 Å². The second-order valence-corrected chi connectivity index (χ2v) is 7.65. The number of methoxy groups -OCH3 is 1. The highest BCUT2D eigenvalue weighted by atomic mass is 16.5. The standard InChI is InChI=1S/C28H23N3O3/c1-3-19-14-23(20-10-6-4-7-11-20)26(24(15-19)21-12-8-5-9-13-21)27(32)31-25(28(33)34-2)16-22-17-29-18-30-22/h1,4-15,17-18,25H,16H2,2H3,(H,29,30)(H,31,32)/t25-/m1/s1. The van der Waals surface area contributed by atoms with Gasteiger partial charge >= 0.3 is 5.97 Å². The van der Waals surface area contributed by atoms with E-state index in [1.807, 2.05) is 72.8 Å². The summed E-state index contributed by atoms with van der Waals surface area (Å²) in [4.78, 5) is 33.3. The fourth-order valence-electron chi connectivity index (χ4n) is 3.84. The number of ether oxygens (including phenoxy) is 1. The predicted molar refractivity (Wildman–Crippen MR) is 131 cm³/mol. The van der Waals surface area contributed by atoms with E-state index in [4.69, 9.17) is 11.2 Å². The van der Waals surface area contributed by atoms with Gasteiger partial charge in [-0.1, -0.05) is 66.6 Å². The van der Waals surface area contributed by atoms with Crippen LogP contribution in [0.3, 0.4) is 0 Å². The lowest BCUT2D eigenvalue weighted by atomic mass is 9.89. The monoisotopic (exact) mass is 449 g/mol. The number of amides is 1. The molecule has 6 nitrogen and oxygen atoms in total. The highest BCUT2D eigenvalue weighted by Crippen LogP contribution is 2.34. The summed E-state index contributed by atoms with van der Waals surface area (Å²) in [5, 5.41) is 2.87. The molecule has 4 aromatic rings. The number of aromatic amines is 1. The van der Waals surface area contributed by atoms with Crippen molar-refractivity contribution in [2.75, 3.05) is 7.11 Å². The van der Waals surface area contributed by atoms with E-state index in [2.05, 4.69) is 21.2 Å². The molecule has 3 aromatic carbocycles. The Morgan fingerprint density at radius 3 is 2.09 bits per heavy atom. The molecule has 0 saturated heterocycles. The Balaban J connectivity index is 1.85. The number of terminal acetylenes is 1. The SMILES string of the molecule is C#Cc1cc(-c2ccccc2)c(C(=O)N[C@H](Cc2cnc[nH]2)C(=O)OC)c(-c2ccccc2)c1. The molecule has 0 unspecified atom stereocenters. The zero-order chi connectivity index (χ0) is 23.9. The number of esters is 1. The largest absolute Gasteiger partial charge is 0.467 e. The minimum Gasteiger partial charge on any atom is -0.467 e. The van der Waals surface area contributed by atoms with E-state index in [0.717, 1.165) is 11.1 Å². The zero-order valence-electron chi connectivity index (χ0n) is 18.6. The number of carbonyl (C=O) groups excluding carboxylic acids is 2. The molecule has 168 valence electrons. The normalized spacial score (nSPS) is 11.3. The number of H-pyrrole nitrogens is 1. The van der Waals surface area contributed by atoms with Gasteiger partial charge in [0.25, 0.3) is 5.91 Å². The maximum atomic E-state index is 13.8. The van der Waals surface area contributed by atoms with Crippen molar-refractivity contribution >= 4 is 11.9 Å². The molecule has 0 aliphatic carbocycles. The molecule has 0 aliphatic heterocycles. The maximum Gasteiger partial charge on any atom is 0.328 e. The minimum absolute atomic E-state index is 0.211. The van der Waals surface area contributed by atoms with Crippen molar-refractivity contribution in [2.24, 2.45) is 0 Å². The smallest absolute Gasteiger partial charge is 0.328 e. The van der Waals surface area contributed by atoms with Crippen molar-refractivity contribution < 1.29 is 14.3 Å². The van der Waals surface area contributed by atoms with E-state index < -0.39 is 17.9 Å². The Morgan fingerprint density at radius 1 is 1.03 bits per heavy atom. The lowest BCUT2D eigenvalue weighted by molar-refractivity contribution is -0.142. The third kappa shape index (κ3) is 4.89. The van der Waals surface area contributed by atoms with Crippen LogP contribution < -0.4 is 5.32 Å². The van der Waals surface area contributed by atoms with Gasteiger partial charge in [-0.05, 0) is 34.4 Å². The van der Waals surface area contributed by atoms with Crippen LogP contribution >= 0.6 is 0 Å². The van der Waals surface area contributed by atoms with Crippen molar-refractivity contribution in [2.45, 2.75) is 12.5 Å². The number of nitrogens with one attached hydrogen (secondary N) is 2. The van der Waals surface area contributed by atoms with Gasteiger partial charge in [-0.2, -0.15) is 0 Å². The molecule has 6 heteroatoms. The maximum absolute atomic E-state index is 13.8. The van der Waals surface area contributed by atoms with Crippen LogP contribution in [0.15, 0.2) is 85.3 Å². The number of imidazole rings is 1. The summed E-state index contributed by atoms with van der Waals surface area (Å²) < 4.78 is 4.95. The van der Waals surface area contributed by atoms with E-state index in [-0.39, 0.29) is 6.42 Å². The van der Waals surface area contributed by atoms with Gasteiger partial charge in [-0.15, -0.1) is 6.42 Å². The van der Waals surface area contributed by atoms with Crippen LogP contribution in [0, 0.1) is 12.3 Å². The Labute approximate surface area is 198 Å². The fourth-order valence-corrected chi connectivity index (χ4v) is 3.84. The van der Waals surface area contributed by atoms with E-state index in [0.29, 0.717) is 27.9 Å². The van der Waals surface area contributed by atoms with Crippen LogP contribution in [-0.4, -0.2) is 35.0 Å². The van der Waals surface area contributed by atoms with E-state index in [1.165, 1.54) is 13.4 Å². The molecule has 1 aromatic heterocycles. The Morgan fingerprint density at radius 2 is 1.62 bits per heavy atom. The molecule has 0 bridgehead atoms. The molecule has 1 atom stereocenters. The first-order chi connectivity index (χ1) is 16.6.